The van der Waals surface area contributed by atoms with Crippen molar-refractivity contribution in [2.24, 2.45) is 0 Å². The molecule has 5 nitrogen and oxygen atoms in total. The van der Waals surface area contributed by atoms with Gasteiger partial charge in [-0.2, -0.15) is 0 Å². The molecule has 0 fully saturated rings. The number of rotatable bonds is 10. The van der Waals surface area contributed by atoms with Crippen LogP contribution in [0.2, 0.25) is 0 Å². The quantitative estimate of drug-likeness (QED) is 0.366. The molecule has 0 saturated carbocycles. The van der Waals surface area contributed by atoms with Crippen LogP contribution in [0.4, 0.5) is 0 Å². The number of hydrogen-bond acceptors (Lipinski definition) is 3. The van der Waals surface area contributed by atoms with Gasteiger partial charge in [-0.25, -0.2) is 0 Å². The number of benzene rings is 3. The summed E-state index contributed by atoms with van der Waals surface area (Å²) in [4.78, 5) is 28.6. The lowest BCUT2D eigenvalue weighted by molar-refractivity contribution is -0.143. The zero-order valence-electron chi connectivity index (χ0n) is 20.8. The van der Waals surface area contributed by atoms with Crippen molar-refractivity contribution < 1.29 is 14.3 Å². The largest absolute Gasteiger partial charge is 0.483 e. The molecule has 0 heterocycles. The van der Waals surface area contributed by atoms with Crippen molar-refractivity contribution in [3.63, 3.8) is 0 Å². The Labute approximate surface area is 216 Å². The molecule has 2 amide bonds. The maximum atomic E-state index is 13.6. The molecular formula is C29H33BrN2O3. The molecule has 0 bridgehead atoms. The maximum Gasteiger partial charge on any atom is 0.261 e. The zero-order valence-corrected chi connectivity index (χ0v) is 22.3. The molecule has 0 spiro atoms. The summed E-state index contributed by atoms with van der Waals surface area (Å²) in [6.07, 6.45) is 0.405. The lowest BCUT2D eigenvalue weighted by Gasteiger charge is -2.32. The minimum atomic E-state index is -0.687. The topological polar surface area (TPSA) is 58.6 Å². The van der Waals surface area contributed by atoms with Gasteiger partial charge in [0.05, 0.1) is 0 Å². The number of ether oxygens (including phenoxy) is 1. The average Bonchev–Trinajstić information content (AvgIpc) is 2.82. The van der Waals surface area contributed by atoms with Gasteiger partial charge in [0.2, 0.25) is 5.91 Å². The fourth-order valence-electron chi connectivity index (χ4n) is 3.87. The second-order valence-corrected chi connectivity index (χ2v) is 9.92. The van der Waals surface area contributed by atoms with Gasteiger partial charge in [0.15, 0.2) is 6.61 Å². The third kappa shape index (κ3) is 7.69. The number of nitrogens with one attached hydrogen (secondary N) is 1. The molecule has 0 aliphatic rings. The predicted octanol–water partition coefficient (Wildman–Crippen LogP) is 5.61. The highest BCUT2D eigenvalue weighted by Crippen LogP contribution is 2.22. The zero-order chi connectivity index (χ0) is 25.4. The summed E-state index contributed by atoms with van der Waals surface area (Å²) in [7, 11) is 0. The van der Waals surface area contributed by atoms with Crippen molar-refractivity contribution in [1.29, 1.82) is 0 Å². The first-order chi connectivity index (χ1) is 16.7. The Balaban J connectivity index is 1.93. The van der Waals surface area contributed by atoms with E-state index in [-0.39, 0.29) is 31.0 Å². The minimum Gasteiger partial charge on any atom is -0.483 e. The van der Waals surface area contributed by atoms with Gasteiger partial charge in [0, 0.05) is 23.5 Å². The Kier molecular flexibility index (Phi) is 9.49. The van der Waals surface area contributed by atoms with E-state index in [1.54, 1.807) is 4.90 Å². The normalized spacial score (nSPS) is 11.7. The van der Waals surface area contributed by atoms with Crippen LogP contribution in [0.15, 0.2) is 77.3 Å². The summed E-state index contributed by atoms with van der Waals surface area (Å²) in [6, 6.07) is 22.6. The second kappa shape index (κ2) is 12.5. The van der Waals surface area contributed by atoms with E-state index in [0.29, 0.717) is 12.2 Å². The molecule has 3 aromatic rings. The number of carbonyl (C=O) groups excluding carboxylic acids is 2. The van der Waals surface area contributed by atoms with Crippen LogP contribution in [0, 0.1) is 13.8 Å². The smallest absolute Gasteiger partial charge is 0.261 e. The summed E-state index contributed by atoms with van der Waals surface area (Å²) in [5.74, 6) is 0.247. The molecule has 0 saturated heterocycles. The van der Waals surface area contributed by atoms with Crippen LogP contribution in [0.1, 0.15) is 36.1 Å². The second-order valence-electron chi connectivity index (χ2n) is 9.01. The van der Waals surface area contributed by atoms with Crippen LogP contribution in [0.25, 0.3) is 0 Å². The Morgan fingerprint density at radius 1 is 0.943 bits per heavy atom. The van der Waals surface area contributed by atoms with E-state index in [2.05, 4.69) is 21.2 Å². The molecule has 1 unspecified atom stereocenters. The molecule has 0 aliphatic carbocycles. The van der Waals surface area contributed by atoms with E-state index in [1.165, 1.54) is 0 Å². The van der Waals surface area contributed by atoms with Gasteiger partial charge in [-0.15, -0.1) is 0 Å². The van der Waals surface area contributed by atoms with Gasteiger partial charge >= 0.3 is 0 Å². The molecule has 0 aromatic heterocycles. The van der Waals surface area contributed by atoms with Crippen LogP contribution < -0.4 is 10.1 Å². The fraction of sp³-hybridized carbons (Fsp3) is 0.310. The minimum absolute atomic E-state index is 0.0465. The van der Waals surface area contributed by atoms with E-state index < -0.39 is 6.04 Å². The van der Waals surface area contributed by atoms with Crippen molar-refractivity contribution in [2.45, 2.75) is 52.7 Å². The molecule has 0 aliphatic heterocycles. The van der Waals surface area contributed by atoms with Gasteiger partial charge in [0.1, 0.15) is 11.8 Å². The monoisotopic (exact) mass is 536 g/mol. The first kappa shape index (κ1) is 26.5. The van der Waals surface area contributed by atoms with Gasteiger partial charge in [-0.3, -0.25) is 9.59 Å². The number of carbonyl (C=O) groups is 2. The number of amides is 2. The third-order valence-corrected chi connectivity index (χ3v) is 6.34. The molecule has 6 heteroatoms. The number of hydrogen-bond donors (Lipinski definition) is 1. The Hall–Kier alpha value is -3.12. The third-order valence-electron chi connectivity index (χ3n) is 5.85. The molecule has 35 heavy (non-hydrogen) atoms. The molecule has 0 radical (unpaired) electrons. The van der Waals surface area contributed by atoms with Crippen LogP contribution in [-0.2, 0) is 22.6 Å². The molecular weight excluding hydrogens is 504 g/mol. The first-order valence-corrected chi connectivity index (χ1v) is 12.6. The number of aryl methyl sites for hydroxylation is 1. The summed E-state index contributed by atoms with van der Waals surface area (Å²) >= 11 is 3.51. The average molecular weight is 537 g/mol. The molecule has 184 valence electrons. The number of nitrogens with zero attached hydrogens (tertiary/aromatic N) is 1. The molecule has 1 atom stereocenters. The van der Waals surface area contributed by atoms with Crippen molar-refractivity contribution in [2.75, 3.05) is 6.61 Å². The molecule has 1 N–H and O–H groups in total. The lowest BCUT2D eigenvalue weighted by Crippen LogP contribution is -2.52. The van der Waals surface area contributed by atoms with Gasteiger partial charge in [-0.1, -0.05) is 70.5 Å². The number of halogens is 1. The highest BCUT2D eigenvalue weighted by atomic mass is 79.9. The van der Waals surface area contributed by atoms with E-state index in [1.807, 2.05) is 100 Å². The van der Waals surface area contributed by atoms with Gasteiger partial charge in [-0.05, 0) is 68.1 Å². The first-order valence-electron chi connectivity index (χ1n) is 11.8. The Bertz CT molecular complexity index is 1150. The van der Waals surface area contributed by atoms with Crippen molar-refractivity contribution >= 4 is 27.7 Å². The molecule has 3 rings (SSSR count). The van der Waals surface area contributed by atoms with Crippen molar-refractivity contribution in [1.82, 2.24) is 10.2 Å². The van der Waals surface area contributed by atoms with Crippen molar-refractivity contribution in [3.8, 4) is 5.75 Å². The Morgan fingerprint density at radius 3 is 2.31 bits per heavy atom. The molecule has 3 aromatic carbocycles. The summed E-state index contributed by atoms with van der Waals surface area (Å²) in [5.41, 5.74) is 4.00. The standard InChI is InChI=1S/C29H33BrN2O3/c1-20(2)31-29(34)26(17-23-11-6-5-7-12-23)32(18-24-13-9-14-25(30)16-24)28(33)19-35-27-15-8-10-21(3)22(27)4/h5-16,20,26H,17-19H2,1-4H3,(H,31,34). The van der Waals surface area contributed by atoms with E-state index in [9.17, 15) is 9.59 Å². The Morgan fingerprint density at radius 2 is 1.63 bits per heavy atom. The van der Waals surface area contributed by atoms with E-state index >= 15 is 0 Å². The van der Waals surface area contributed by atoms with Crippen LogP contribution in [-0.4, -0.2) is 35.4 Å². The highest BCUT2D eigenvalue weighted by Gasteiger charge is 2.31. The summed E-state index contributed by atoms with van der Waals surface area (Å²) in [6.45, 7) is 7.96. The van der Waals surface area contributed by atoms with Gasteiger partial charge < -0.3 is 15.0 Å². The fourth-order valence-corrected chi connectivity index (χ4v) is 4.32. The van der Waals surface area contributed by atoms with Gasteiger partial charge in [0.25, 0.3) is 5.91 Å². The summed E-state index contributed by atoms with van der Waals surface area (Å²) < 4.78 is 6.87. The maximum absolute atomic E-state index is 13.6. The van der Waals surface area contributed by atoms with Crippen LogP contribution >= 0.6 is 15.9 Å². The van der Waals surface area contributed by atoms with Crippen LogP contribution in [0.3, 0.4) is 0 Å². The predicted molar refractivity (Wildman–Crippen MR) is 143 cm³/mol. The summed E-state index contributed by atoms with van der Waals surface area (Å²) in [5, 5.41) is 3.00. The van der Waals surface area contributed by atoms with E-state index in [0.717, 1.165) is 26.7 Å². The van der Waals surface area contributed by atoms with Crippen molar-refractivity contribution in [3.05, 3.63) is 99.5 Å². The SMILES string of the molecule is Cc1cccc(OCC(=O)N(Cc2cccc(Br)c2)C(Cc2ccccc2)C(=O)NC(C)C)c1C. The van der Waals surface area contributed by atoms with E-state index in [4.69, 9.17) is 4.74 Å². The van der Waals surface area contributed by atoms with Crippen LogP contribution in [0.5, 0.6) is 5.75 Å². The lowest BCUT2D eigenvalue weighted by atomic mass is 10.0. The highest BCUT2D eigenvalue weighted by molar-refractivity contribution is 9.10.